The van der Waals surface area contributed by atoms with Gasteiger partial charge in [0.25, 0.3) is 0 Å². The summed E-state index contributed by atoms with van der Waals surface area (Å²) >= 11 is 4.92. The van der Waals surface area contributed by atoms with Gasteiger partial charge in [-0.25, -0.2) is 0 Å². The van der Waals surface area contributed by atoms with E-state index in [1.165, 1.54) is 29.7 Å². The predicted molar refractivity (Wildman–Crippen MR) is 99.4 cm³/mol. The highest BCUT2D eigenvalue weighted by molar-refractivity contribution is 9.10. The second-order valence-corrected chi connectivity index (χ2v) is 6.81. The molecule has 0 fully saturated rings. The van der Waals surface area contributed by atoms with Crippen molar-refractivity contribution in [3.63, 3.8) is 0 Å². The van der Waals surface area contributed by atoms with E-state index in [1.54, 1.807) is 6.07 Å². The molecular formula is C17H14BrN3O2S. The van der Waals surface area contributed by atoms with Gasteiger partial charge in [0.1, 0.15) is 11.5 Å². The van der Waals surface area contributed by atoms with E-state index in [9.17, 15) is 10.2 Å². The van der Waals surface area contributed by atoms with Gasteiger partial charge in [-0.15, -0.1) is 16.4 Å². The van der Waals surface area contributed by atoms with Crippen molar-refractivity contribution in [2.24, 2.45) is 17.3 Å². The molecule has 0 unspecified atom stereocenters. The molecule has 0 saturated carbocycles. The van der Waals surface area contributed by atoms with Gasteiger partial charge in [-0.2, -0.15) is 5.10 Å². The summed E-state index contributed by atoms with van der Waals surface area (Å²) in [5.41, 5.74) is 2.64. The van der Waals surface area contributed by atoms with Crippen LogP contribution in [0.3, 0.4) is 0 Å². The van der Waals surface area contributed by atoms with E-state index < -0.39 is 0 Å². The van der Waals surface area contributed by atoms with E-state index in [4.69, 9.17) is 0 Å². The zero-order valence-corrected chi connectivity index (χ0v) is 15.1. The molecule has 122 valence electrons. The van der Waals surface area contributed by atoms with Crippen molar-refractivity contribution in [2.45, 2.75) is 0 Å². The van der Waals surface area contributed by atoms with Crippen molar-refractivity contribution < 1.29 is 10.2 Å². The highest BCUT2D eigenvalue weighted by Crippen LogP contribution is 2.22. The Kier molecular flexibility index (Phi) is 4.82. The van der Waals surface area contributed by atoms with Crippen molar-refractivity contribution in [1.82, 2.24) is 4.57 Å². The summed E-state index contributed by atoms with van der Waals surface area (Å²) in [4.78, 5) is 0.738. The topological polar surface area (TPSA) is 70.1 Å². The van der Waals surface area contributed by atoms with Crippen LogP contribution in [0.5, 0.6) is 11.5 Å². The first kappa shape index (κ1) is 16.5. The van der Waals surface area contributed by atoms with Crippen LogP contribution in [-0.2, 0) is 7.05 Å². The molecule has 1 aromatic heterocycles. The summed E-state index contributed by atoms with van der Waals surface area (Å²) in [6.45, 7) is 0. The number of halogens is 1. The van der Waals surface area contributed by atoms with E-state index in [2.05, 4.69) is 26.1 Å². The molecule has 0 saturated heterocycles. The monoisotopic (exact) mass is 403 g/mol. The summed E-state index contributed by atoms with van der Waals surface area (Å²) in [6.07, 6.45) is 1.45. The maximum absolute atomic E-state index is 9.72. The Morgan fingerprint density at radius 3 is 2.58 bits per heavy atom. The number of thiazole rings is 1. The fourth-order valence-corrected chi connectivity index (χ4v) is 3.25. The minimum Gasteiger partial charge on any atom is -0.508 e. The van der Waals surface area contributed by atoms with Crippen LogP contribution >= 0.6 is 27.3 Å². The standard InChI is InChI=1S/C17H14BrN3O2S/c1-21-15(11-2-5-13(18)6-3-11)10-24-17(21)20-19-9-12-4-7-14(22)8-16(12)23/h2-10,22-23H,1H3/b19-9+,20-17?. The van der Waals surface area contributed by atoms with E-state index in [0.29, 0.717) is 5.56 Å². The SMILES string of the molecule is Cn1c(-c2ccc(Br)cc2)csc1=N/N=C/c1ccc(O)cc1O. The molecule has 2 aromatic carbocycles. The maximum Gasteiger partial charge on any atom is 0.210 e. The van der Waals surface area contributed by atoms with Crippen molar-refractivity contribution in [3.05, 3.63) is 62.7 Å². The third kappa shape index (κ3) is 3.58. The van der Waals surface area contributed by atoms with Gasteiger partial charge >= 0.3 is 0 Å². The molecule has 3 aromatic rings. The average molecular weight is 404 g/mol. The number of rotatable bonds is 3. The smallest absolute Gasteiger partial charge is 0.210 e. The minimum atomic E-state index is -0.0416. The molecule has 0 radical (unpaired) electrons. The molecule has 3 rings (SSSR count). The van der Waals surface area contributed by atoms with Crippen molar-refractivity contribution in [3.8, 4) is 22.8 Å². The van der Waals surface area contributed by atoms with Crippen LogP contribution in [0.1, 0.15) is 5.56 Å². The fourth-order valence-electron chi connectivity index (χ4n) is 2.12. The maximum atomic E-state index is 9.72. The molecule has 0 aliphatic heterocycles. The summed E-state index contributed by atoms with van der Waals surface area (Å²) < 4.78 is 2.99. The summed E-state index contributed by atoms with van der Waals surface area (Å²) in [5.74, 6) is -0.0366. The number of hydrogen-bond donors (Lipinski definition) is 2. The van der Waals surface area contributed by atoms with Gasteiger partial charge in [0, 0.05) is 28.5 Å². The van der Waals surface area contributed by atoms with Gasteiger partial charge in [-0.05, 0) is 29.8 Å². The van der Waals surface area contributed by atoms with Gasteiger partial charge in [-0.3, -0.25) is 0 Å². The lowest BCUT2D eigenvalue weighted by molar-refractivity contribution is 0.450. The number of phenols is 2. The zero-order valence-electron chi connectivity index (χ0n) is 12.7. The van der Waals surface area contributed by atoms with Crippen LogP contribution < -0.4 is 4.80 Å². The van der Waals surface area contributed by atoms with Crippen LogP contribution in [0.2, 0.25) is 0 Å². The van der Waals surface area contributed by atoms with Crippen LogP contribution in [0.4, 0.5) is 0 Å². The summed E-state index contributed by atoms with van der Waals surface area (Å²) in [7, 11) is 1.93. The number of hydrogen-bond acceptors (Lipinski definition) is 5. The van der Waals surface area contributed by atoms with Crippen LogP contribution in [-0.4, -0.2) is 21.0 Å². The second kappa shape index (κ2) is 7.02. The molecule has 7 heteroatoms. The molecular weight excluding hydrogens is 390 g/mol. The lowest BCUT2D eigenvalue weighted by Crippen LogP contribution is -2.10. The van der Waals surface area contributed by atoms with E-state index in [1.807, 2.05) is 41.3 Å². The first-order chi connectivity index (χ1) is 11.5. The first-order valence-corrected chi connectivity index (χ1v) is 8.71. The molecule has 0 amide bonds. The number of aromatic hydroxyl groups is 2. The molecule has 0 aliphatic carbocycles. The minimum absolute atomic E-state index is 0.00499. The van der Waals surface area contributed by atoms with Crippen LogP contribution in [0.15, 0.2) is 62.5 Å². The lowest BCUT2D eigenvalue weighted by atomic mass is 10.2. The fraction of sp³-hybridized carbons (Fsp3) is 0.0588. The summed E-state index contributed by atoms with van der Waals surface area (Å²) in [5, 5.41) is 29.2. The van der Waals surface area contributed by atoms with E-state index in [-0.39, 0.29) is 11.5 Å². The average Bonchev–Trinajstić information content (AvgIpc) is 2.91. The quantitative estimate of drug-likeness (QED) is 0.514. The van der Waals surface area contributed by atoms with Crippen molar-refractivity contribution in [2.75, 3.05) is 0 Å². The molecule has 0 atom stereocenters. The highest BCUT2D eigenvalue weighted by atomic mass is 79.9. The molecule has 24 heavy (non-hydrogen) atoms. The Morgan fingerprint density at radius 2 is 1.88 bits per heavy atom. The van der Waals surface area contributed by atoms with Crippen LogP contribution in [0.25, 0.3) is 11.3 Å². The molecule has 1 heterocycles. The van der Waals surface area contributed by atoms with Gasteiger partial charge < -0.3 is 14.8 Å². The third-order valence-electron chi connectivity index (χ3n) is 3.42. The Morgan fingerprint density at radius 1 is 1.12 bits per heavy atom. The second-order valence-electron chi connectivity index (χ2n) is 5.06. The molecule has 0 aliphatic rings. The molecule has 5 nitrogen and oxygen atoms in total. The Hall–Kier alpha value is -2.38. The molecule has 0 bridgehead atoms. The number of phenolic OH excluding ortho intramolecular Hbond substituents is 2. The lowest BCUT2D eigenvalue weighted by Gasteiger charge is -2.02. The molecule has 0 spiro atoms. The first-order valence-electron chi connectivity index (χ1n) is 7.04. The van der Waals surface area contributed by atoms with Gasteiger partial charge in [-0.1, -0.05) is 28.1 Å². The third-order valence-corrected chi connectivity index (χ3v) is 4.85. The van der Waals surface area contributed by atoms with Crippen LogP contribution in [0, 0.1) is 0 Å². The normalized spacial score (nSPS) is 12.2. The molecule has 2 N–H and O–H groups in total. The van der Waals surface area contributed by atoms with E-state index in [0.717, 1.165) is 20.5 Å². The van der Waals surface area contributed by atoms with Gasteiger partial charge in [0.15, 0.2) is 0 Å². The van der Waals surface area contributed by atoms with Crippen molar-refractivity contribution >= 4 is 33.5 Å². The van der Waals surface area contributed by atoms with Gasteiger partial charge in [0.2, 0.25) is 4.80 Å². The van der Waals surface area contributed by atoms with Crippen molar-refractivity contribution in [1.29, 1.82) is 0 Å². The number of nitrogens with zero attached hydrogens (tertiary/aromatic N) is 3. The number of aromatic nitrogens is 1. The Labute approximate surface area is 151 Å². The predicted octanol–water partition coefficient (Wildman–Crippen LogP) is 3.86. The summed E-state index contributed by atoms with van der Waals surface area (Å²) in [6, 6.07) is 12.4. The number of benzene rings is 2. The largest absolute Gasteiger partial charge is 0.508 e. The Bertz CT molecular complexity index is 959. The zero-order chi connectivity index (χ0) is 17.1. The van der Waals surface area contributed by atoms with E-state index >= 15 is 0 Å². The highest BCUT2D eigenvalue weighted by Gasteiger charge is 2.04. The Balaban J connectivity index is 1.89. The van der Waals surface area contributed by atoms with Gasteiger partial charge in [0.05, 0.1) is 11.9 Å².